The van der Waals surface area contributed by atoms with Gasteiger partial charge in [-0.3, -0.25) is 0 Å². The number of carbonyl (C=O) groups excluding carboxylic acids is 1. The summed E-state index contributed by atoms with van der Waals surface area (Å²) in [6.07, 6.45) is 0. The highest BCUT2D eigenvalue weighted by Crippen LogP contribution is 2.41. The standard InChI is InChI=1S/C13H15ClFN3O2/c1-13(2,3)18-12(19)17-10-8(16-4)6-7(15)11(20-5)9(10)14/h6H,1-3,5H3,(H2,17,18,19). The lowest BCUT2D eigenvalue weighted by Crippen LogP contribution is -2.43. The van der Waals surface area contributed by atoms with E-state index < -0.39 is 17.4 Å². The van der Waals surface area contributed by atoms with Crippen LogP contribution >= 0.6 is 11.6 Å². The number of carbonyl (C=O) groups is 1. The Morgan fingerprint density at radius 2 is 2.10 bits per heavy atom. The van der Waals surface area contributed by atoms with Crippen molar-refractivity contribution in [3.8, 4) is 5.75 Å². The summed E-state index contributed by atoms with van der Waals surface area (Å²) in [6, 6.07) is 0.419. The molecule has 0 saturated heterocycles. The van der Waals surface area contributed by atoms with Gasteiger partial charge < -0.3 is 15.4 Å². The monoisotopic (exact) mass is 299 g/mol. The Balaban J connectivity index is 3.18. The van der Waals surface area contributed by atoms with Gasteiger partial charge in [-0.1, -0.05) is 11.6 Å². The first-order valence-corrected chi connectivity index (χ1v) is 6.10. The normalized spacial score (nSPS) is 10.7. The van der Waals surface area contributed by atoms with E-state index in [1.54, 1.807) is 20.8 Å². The highest BCUT2D eigenvalue weighted by atomic mass is 35.5. The molecule has 2 amide bonds. The van der Waals surface area contributed by atoms with Crippen molar-refractivity contribution in [2.45, 2.75) is 26.3 Å². The Morgan fingerprint density at radius 3 is 2.55 bits per heavy atom. The largest absolute Gasteiger partial charge is 0.492 e. The van der Waals surface area contributed by atoms with Gasteiger partial charge >= 0.3 is 6.03 Å². The van der Waals surface area contributed by atoms with Crippen molar-refractivity contribution in [3.63, 3.8) is 0 Å². The summed E-state index contributed by atoms with van der Waals surface area (Å²) in [5.41, 5.74) is -0.544. The molecule has 1 aromatic carbocycles. The molecular weight excluding hydrogens is 285 g/mol. The fourth-order valence-corrected chi connectivity index (χ4v) is 1.78. The van der Waals surface area contributed by atoms with E-state index in [1.165, 1.54) is 7.11 Å². The van der Waals surface area contributed by atoms with Crippen LogP contribution < -0.4 is 15.4 Å². The Morgan fingerprint density at radius 1 is 1.50 bits per heavy atom. The van der Waals surface area contributed by atoms with Crippen molar-refractivity contribution in [2.24, 2.45) is 0 Å². The zero-order valence-corrected chi connectivity index (χ0v) is 12.4. The molecule has 0 atom stereocenters. The second-order valence-electron chi connectivity index (χ2n) is 5.04. The van der Waals surface area contributed by atoms with Crippen LogP contribution in [0.25, 0.3) is 4.85 Å². The summed E-state index contributed by atoms with van der Waals surface area (Å²) in [5, 5.41) is 4.95. The van der Waals surface area contributed by atoms with E-state index in [0.717, 1.165) is 6.07 Å². The molecule has 5 nitrogen and oxygen atoms in total. The minimum absolute atomic E-state index is 0.0154. The molecule has 0 heterocycles. The Labute approximate surface area is 121 Å². The quantitative estimate of drug-likeness (QED) is 0.812. The van der Waals surface area contributed by atoms with Gasteiger partial charge in [0.05, 0.1) is 24.4 Å². The van der Waals surface area contributed by atoms with E-state index >= 15 is 0 Å². The van der Waals surface area contributed by atoms with E-state index in [-0.39, 0.29) is 22.1 Å². The third kappa shape index (κ3) is 3.75. The number of methoxy groups -OCH3 is 1. The van der Waals surface area contributed by atoms with Gasteiger partial charge in [0.25, 0.3) is 0 Å². The van der Waals surface area contributed by atoms with Crippen LogP contribution in [0.3, 0.4) is 0 Å². The summed E-state index contributed by atoms with van der Waals surface area (Å²) in [6.45, 7) is 12.4. The highest BCUT2D eigenvalue weighted by Gasteiger charge is 2.21. The summed E-state index contributed by atoms with van der Waals surface area (Å²) < 4.78 is 18.4. The zero-order valence-electron chi connectivity index (χ0n) is 11.6. The lowest BCUT2D eigenvalue weighted by molar-refractivity contribution is 0.244. The van der Waals surface area contributed by atoms with Gasteiger partial charge in [-0.05, 0) is 26.8 Å². The fraction of sp³-hybridized carbons (Fsp3) is 0.385. The average Bonchev–Trinajstić information content (AvgIpc) is 2.30. The smallest absolute Gasteiger partial charge is 0.318 e. The second kappa shape index (κ2) is 5.97. The number of hydrogen-bond donors (Lipinski definition) is 2. The van der Waals surface area contributed by atoms with E-state index in [0.29, 0.717) is 0 Å². The first kappa shape index (κ1) is 16.1. The van der Waals surface area contributed by atoms with Gasteiger partial charge in [0, 0.05) is 5.54 Å². The third-order valence-electron chi connectivity index (χ3n) is 2.21. The van der Waals surface area contributed by atoms with Crippen molar-refractivity contribution in [2.75, 3.05) is 12.4 Å². The molecule has 1 rings (SSSR count). The molecule has 0 unspecified atom stereocenters. The molecule has 0 aliphatic rings. The van der Waals surface area contributed by atoms with Crippen LogP contribution in [-0.4, -0.2) is 18.7 Å². The molecule has 1 aromatic rings. The Kier molecular flexibility index (Phi) is 4.79. The molecule has 20 heavy (non-hydrogen) atoms. The van der Waals surface area contributed by atoms with E-state index in [4.69, 9.17) is 22.9 Å². The summed E-state index contributed by atoms with van der Waals surface area (Å²) in [4.78, 5) is 15.0. The molecule has 2 N–H and O–H groups in total. The zero-order chi connectivity index (χ0) is 15.5. The molecule has 0 aliphatic heterocycles. The Bertz CT molecular complexity index is 576. The fourth-order valence-electron chi connectivity index (χ4n) is 1.47. The molecule has 0 bridgehead atoms. The lowest BCUT2D eigenvalue weighted by atomic mass is 10.1. The van der Waals surface area contributed by atoms with Crippen LogP contribution in [0.4, 0.5) is 20.6 Å². The predicted molar refractivity (Wildman–Crippen MR) is 76.1 cm³/mol. The van der Waals surface area contributed by atoms with Crippen molar-refractivity contribution in [1.82, 2.24) is 5.32 Å². The number of halogens is 2. The maximum atomic E-state index is 13.6. The SMILES string of the molecule is [C-]#[N+]c1cc(F)c(OC)c(Cl)c1NC(=O)NC(C)(C)C. The maximum absolute atomic E-state index is 13.6. The molecule has 0 spiro atoms. The Hall–Kier alpha value is -2.00. The van der Waals surface area contributed by atoms with Crippen molar-refractivity contribution in [1.29, 1.82) is 0 Å². The average molecular weight is 300 g/mol. The van der Waals surface area contributed by atoms with Gasteiger partial charge in [0.1, 0.15) is 0 Å². The molecule has 108 valence electrons. The van der Waals surface area contributed by atoms with Gasteiger partial charge in [-0.2, -0.15) is 0 Å². The van der Waals surface area contributed by atoms with Crippen LogP contribution in [0.5, 0.6) is 5.75 Å². The number of ether oxygens (including phenoxy) is 1. The van der Waals surface area contributed by atoms with Gasteiger partial charge in [0.2, 0.25) is 5.69 Å². The molecule has 0 fully saturated rings. The molecule has 0 aliphatic carbocycles. The number of hydrogen-bond acceptors (Lipinski definition) is 2. The van der Waals surface area contributed by atoms with E-state index in [2.05, 4.69) is 15.5 Å². The van der Waals surface area contributed by atoms with Gasteiger partial charge in [-0.25, -0.2) is 14.0 Å². The molecule has 0 aromatic heterocycles. The summed E-state index contributed by atoms with van der Waals surface area (Å²) >= 11 is 5.96. The van der Waals surface area contributed by atoms with Crippen molar-refractivity contribution >= 4 is 29.0 Å². The minimum atomic E-state index is -0.759. The number of rotatable bonds is 2. The van der Waals surface area contributed by atoms with Crippen LogP contribution in [0.15, 0.2) is 6.07 Å². The highest BCUT2D eigenvalue weighted by molar-refractivity contribution is 6.36. The molecular formula is C13H15ClFN3O2. The topological polar surface area (TPSA) is 54.7 Å². The minimum Gasteiger partial charge on any atom is -0.492 e. The molecule has 7 heteroatoms. The van der Waals surface area contributed by atoms with E-state index in [1.807, 2.05) is 0 Å². The number of nitrogens with one attached hydrogen (secondary N) is 2. The first-order chi connectivity index (χ1) is 9.19. The van der Waals surface area contributed by atoms with Crippen LogP contribution in [0.2, 0.25) is 5.02 Å². The first-order valence-electron chi connectivity index (χ1n) is 5.72. The summed E-state index contributed by atoms with van der Waals surface area (Å²) in [7, 11) is 1.25. The van der Waals surface area contributed by atoms with Crippen LogP contribution in [0, 0.1) is 12.4 Å². The predicted octanol–water partition coefficient (Wildman–Crippen LogP) is 3.96. The van der Waals surface area contributed by atoms with Crippen LogP contribution in [-0.2, 0) is 0 Å². The van der Waals surface area contributed by atoms with E-state index in [9.17, 15) is 9.18 Å². The number of urea groups is 1. The van der Waals surface area contributed by atoms with Gasteiger partial charge in [-0.15, -0.1) is 0 Å². The number of anilines is 1. The molecule has 0 saturated carbocycles. The number of benzene rings is 1. The summed E-state index contributed by atoms with van der Waals surface area (Å²) in [5.74, 6) is -0.976. The third-order valence-corrected chi connectivity index (χ3v) is 2.57. The lowest BCUT2D eigenvalue weighted by Gasteiger charge is -2.21. The maximum Gasteiger partial charge on any atom is 0.318 e. The van der Waals surface area contributed by atoms with Crippen molar-refractivity contribution < 1.29 is 13.9 Å². The van der Waals surface area contributed by atoms with Crippen LogP contribution in [0.1, 0.15) is 20.8 Å². The second-order valence-corrected chi connectivity index (χ2v) is 5.42. The van der Waals surface area contributed by atoms with Crippen molar-refractivity contribution in [3.05, 3.63) is 28.3 Å². The number of amides is 2. The van der Waals surface area contributed by atoms with Gasteiger partial charge in [0.15, 0.2) is 11.6 Å². The molecule has 0 radical (unpaired) electrons. The number of nitrogens with zero attached hydrogens (tertiary/aromatic N) is 1.